The largest absolute Gasteiger partial charge is 0.384 e. The number of piperazine rings is 1. The molecule has 8 nitrogen and oxygen atoms in total. The molecule has 10 heteroatoms. The van der Waals surface area contributed by atoms with Crippen LogP contribution in [0.1, 0.15) is 88.4 Å². The van der Waals surface area contributed by atoms with Crippen molar-refractivity contribution in [2.24, 2.45) is 5.92 Å². The van der Waals surface area contributed by atoms with E-state index in [0.29, 0.717) is 55.3 Å². The summed E-state index contributed by atoms with van der Waals surface area (Å²) in [6, 6.07) is 8.42. The van der Waals surface area contributed by atoms with Crippen LogP contribution in [0.5, 0.6) is 0 Å². The van der Waals surface area contributed by atoms with Crippen LogP contribution in [0.3, 0.4) is 0 Å². The number of halogens is 2. The van der Waals surface area contributed by atoms with E-state index in [1.165, 1.54) is 6.07 Å². The number of anilines is 2. The average molecular weight is 612 g/mol. The second kappa shape index (κ2) is 14.0. The normalized spacial score (nSPS) is 25.8. The summed E-state index contributed by atoms with van der Waals surface area (Å²) in [4.78, 5) is 20.7. The van der Waals surface area contributed by atoms with Gasteiger partial charge in [0.2, 0.25) is 0 Å². The van der Waals surface area contributed by atoms with Crippen LogP contribution in [0.25, 0.3) is 0 Å². The van der Waals surface area contributed by atoms with Crippen LogP contribution in [0.4, 0.5) is 20.3 Å². The smallest absolute Gasteiger partial charge is 0.276 e. The first-order valence-corrected chi connectivity index (χ1v) is 16.6. The number of fused-ring (bicyclic) bond motifs is 10. The van der Waals surface area contributed by atoms with Gasteiger partial charge in [0.05, 0.1) is 5.56 Å². The lowest BCUT2D eigenvalue weighted by Gasteiger charge is -2.38. The topological polar surface area (TPSA) is 93.6 Å². The number of piperidine rings is 1. The highest BCUT2D eigenvalue weighted by atomic mass is 19.3. The molecule has 2 aromatic rings. The monoisotopic (exact) mass is 611 g/mol. The van der Waals surface area contributed by atoms with Crippen molar-refractivity contribution in [2.45, 2.75) is 90.3 Å². The summed E-state index contributed by atoms with van der Waals surface area (Å²) in [6.45, 7) is 12.3. The van der Waals surface area contributed by atoms with E-state index in [1.54, 1.807) is 22.8 Å². The van der Waals surface area contributed by atoms with Gasteiger partial charge in [-0.05, 0) is 83.8 Å². The van der Waals surface area contributed by atoms with E-state index in [4.69, 9.17) is 11.1 Å². The van der Waals surface area contributed by atoms with Gasteiger partial charge in [-0.25, -0.2) is 8.78 Å². The highest BCUT2D eigenvalue weighted by Crippen LogP contribution is 2.42. The van der Waals surface area contributed by atoms with Crippen LogP contribution in [0.15, 0.2) is 35.1 Å². The Bertz CT molecular complexity index is 1340. The molecular formula is C34H51F2N7O. The molecule has 0 unspecified atom stereocenters. The number of aromatic nitrogens is 1. The number of nitrogens with one attached hydrogen (secondary N) is 2. The molecule has 2 fully saturated rings. The first-order valence-electron chi connectivity index (χ1n) is 16.6. The zero-order valence-electron chi connectivity index (χ0n) is 26.8. The fourth-order valence-electron chi connectivity index (χ4n) is 7.08. The first-order chi connectivity index (χ1) is 21.1. The Kier molecular flexibility index (Phi) is 10.3. The molecule has 6 bridgehead atoms. The van der Waals surface area contributed by atoms with E-state index in [2.05, 4.69) is 33.9 Å². The lowest BCUT2D eigenvalue weighted by molar-refractivity contribution is -0.0855. The molecule has 1 atom stereocenters. The van der Waals surface area contributed by atoms with Gasteiger partial charge in [-0.2, -0.15) is 0 Å². The molecule has 1 aromatic carbocycles. The third kappa shape index (κ3) is 7.12. The van der Waals surface area contributed by atoms with Crippen molar-refractivity contribution >= 4 is 17.3 Å². The SMILES string of the molecule is CC(C)N1CCN(c2cc3c(N)n(c2=O)CCCCCCCN2CCC(CC2)C(F)(F)c2cccc(c2)[C@@H](C)NC3=N)CC1. The van der Waals surface area contributed by atoms with E-state index in [-0.39, 0.29) is 22.8 Å². The van der Waals surface area contributed by atoms with Gasteiger partial charge in [0, 0.05) is 56.3 Å². The molecule has 0 saturated carbocycles. The van der Waals surface area contributed by atoms with Crippen LogP contribution in [0.2, 0.25) is 0 Å². The maximum Gasteiger partial charge on any atom is 0.276 e. The maximum atomic E-state index is 15.8. The molecule has 5 heterocycles. The molecule has 4 aliphatic rings. The first kappa shape index (κ1) is 32.4. The number of rotatable bonds is 2. The fourth-order valence-corrected chi connectivity index (χ4v) is 7.08. The van der Waals surface area contributed by atoms with Crippen LogP contribution < -0.4 is 21.5 Å². The Morgan fingerprint density at radius 2 is 1.59 bits per heavy atom. The van der Waals surface area contributed by atoms with Gasteiger partial charge in [-0.3, -0.25) is 19.7 Å². The number of hydrogen-bond acceptors (Lipinski definition) is 6. The van der Waals surface area contributed by atoms with Crippen LogP contribution >= 0.6 is 0 Å². The van der Waals surface area contributed by atoms with E-state index in [9.17, 15) is 4.79 Å². The lowest BCUT2D eigenvalue weighted by atomic mass is 9.85. The maximum absolute atomic E-state index is 15.8. The molecule has 1 aromatic heterocycles. The molecule has 4 N–H and O–H groups in total. The average Bonchev–Trinajstić information content (AvgIpc) is 3.02. The lowest BCUT2D eigenvalue weighted by Crippen LogP contribution is -2.50. The number of hydrogen-bond donors (Lipinski definition) is 3. The van der Waals surface area contributed by atoms with Crippen molar-refractivity contribution in [1.82, 2.24) is 19.7 Å². The van der Waals surface area contributed by atoms with Crippen LogP contribution in [-0.2, 0) is 12.5 Å². The molecule has 242 valence electrons. The Hall–Kier alpha value is -2.98. The zero-order valence-corrected chi connectivity index (χ0v) is 26.8. The molecule has 44 heavy (non-hydrogen) atoms. The summed E-state index contributed by atoms with van der Waals surface area (Å²) in [5, 5.41) is 12.3. The molecule has 2 saturated heterocycles. The molecule has 0 aliphatic carbocycles. The highest BCUT2D eigenvalue weighted by Gasteiger charge is 2.42. The summed E-state index contributed by atoms with van der Waals surface area (Å²) in [6.07, 6.45) is 5.98. The van der Waals surface area contributed by atoms with E-state index in [1.807, 2.05) is 13.0 Å². The van der Waals surface area contributed by atoms with E-state index >= 15 is 8.78 Å². The van der Waals surface area contributed by atoms with Gasteiger partial charge in [-0.1, -0.05) is 37.5 Å². The summed E-state index contributed by atoms with van der Waals surface area (Å²) >= 11 is 0. The number of nitrogens with two attached hydrogens (primary N) is 1. The number of benzene rings is 1. The molecule has 0 radical (unpaired) electrons. The van der Waals surface area contributed by atoms with Crippen LogP contribution in [-0.4, -0.2) is 72.1 Å². The van der Waals surface area contributed by atoms with Crippen LogP contribution in [0, 0.1) is 11.3 Å². The van der Waals surface area contributed by atoms with Crippen molar-refractivity contribution < 1.29 is 8.78 Å². The molecular weight excluding hydrogens is 560 g/mol. The minimum atomic E-state index is -2.91. The van der Waals surface area contributed by atoms with E-state index < -0.39 is 17.9 Å². The third-order valence-corrected chi connectivity index (χ3v) is 10.1. The minimum absolute atomic E-state index is 0.0374. The molecule has 0 spiro atoms. The summed E-state index contributed by atoms with van der Waals surface area (Å²) < 4.78 is 33.2. The van der Waals surface area contributed by atoms with Gasteiger partial charge >= 0.3 is 0 Å². The Labute approximate surface area is 261 Å². The van der Waals surface area contributed by atoms with Gasteiger partial charge in [-0.15, -0.1) is 0 Å². The fraction of sp³-hybridized carbons (Fsp3) is 0.647. The van der Waals surface area contributed by atoms with Crippen molar-refractivity contribution in [3.8, 4) is 0 Å². The molecule has 6 rings (SSSR count). The minimum Gasteiger partial charge on any atom is -0.384 e. The Morgan fingerprint density at radius 3 is 2.27 bits per heavy atom. The number of nitrogens with zero attached hydrogens (tertiary/aromatic N) is 4. The molecule has 0 amide bonds. The van der Waals surface area contributed by atoms with Crippen molar-refractivity contribution in [3.63, 3.8) is 0 Å². The predicted molar refractivity (Wildman–Crippen MR) is 175 cm³/mol. The third-order valence-electron chi connectivity index (χ3n) is 10.1. The predicted octanol–water partition coefficient (Wildman–Crippen LogP) is 5.40. The number of pyridine rings is 1. The second-order valence-electron chi connectivity index (χ2n) is 13.3. The number of alkyl halides is 2. The van der Waals surface area contributed by atoms with Crippen molar-refractivity contribution in [1.29, 1.82) is 5.41 Å². The van der Waals surface area contributed by atoms with Crippen molar-refractivity contribution in [2.75, 3.05) is 56.4 Å². The van der Waals surface area contributed by atoms with Gasteiger partial charge in [0.1, 0.15) is 17.3 Å². The Morgan fingerprint density at radius 1 is 0.932 bits per heavy atom. The summed E-state index contributed by atoms with van der Waals surface area (Å²) in [7, 11) is 0. The quantitative estimate of drug-likeness (QED) is 0.421. The standard InChI is InChI=1S/C34H51F2N7O/c1-24(2)41-18-20-42(21-19-41)30-23-29-31(37)39-25(3)26-10-9-11-28(22-26)34(35,36)27-12-16-40(17-13-27)14-7-5-4-6-8-15-43(32(29)38)33(30)44/h9-11,22-25,27H,4-8,12-21,38H2,1-3H3,(H2,37,39)/t25-/m1/s1. The Balaban J connectivity index is 1.45. The zero-order chi connectivity index (χ0) is 31.4. The molecule has 4 aliphatic heterocycles. The van der Waals surface area contributed by atoms with Gasteiger partial charge in [0.15, 0.2) is 0 Å². The van der Waals surface area contributed by atoms with Crippen molar-refractivity contribution in [3.05, 3.63) is 57.4 Å². The van der Waals surface area contributed by atoms with Gasteiger partial charge in [0.25, 0.3) is 11.5 Å². The summed E-state index contributed by atoms with van der Waals surface area (Å²) in [5.74, 6) is -3.23. The van der Waals surface area contributed by atoms with Gasteiger partial charge < -0.3 is 20.9 Å². The number of amidine groups is 1. The van der Waals surface area contributed by atoms with E-state index in [0.717, 1.165) is 64.8 Å². The second-order valence-corrected chi connectivity index (χ2v) is 13.3. The number of nitrogen functional groups attached to an aromatic ring is 1. The highest BCUT2D eigenvalue weighted by molar-refractivity contribution is 6.01. The summed E-state index contributed by atoms with van der Waals surface area (Å²) in [5.41, 5.74) is 8.29.